The lowest BCUT2D eigenvalue weighted by Crippen LogP contribution is -2.34. The lowest BCUT2D eigenvalue weighted by molar-refractivity contribution is 0.207. The zero-order valence-electron chi connectivity index (χ0n) is 13.5. The zero-order chi connectivity index (χ0) is 16.9. The largest absolute Gasteiger partial charge is 0.497 e. The van der Waals surface area contributed by atoms with Crippen molar-refractivity contribution in [3.8, 4) is 11.8 Å². The molecule has 122 valence electrons. The number of rotatable bonds is 3. The van der Waals surface area contributed by atoms with Crippen molar-refractivity contribution in [2.75, 3.05) is 19.0 Å². The Kier molecular flexibility index (Phi) is 4.66. The number of carbonyl (C=O) groups is 1. The highest BCUT2D eigenvalue weighted by atomic mass is 16.5. The molecule has 2 aromatic carbocycles. The van der Waals surface area contributed by atoms with Gasteiger partial charge in [0.05, 0.1) is 24.4 Å². The summed E-state index contributed by atoms with van der Waals surface area (Å²) in [5.74, 6) is 0.802. The van der Waals surface area contributed by atoms with Gasteiger partial charge >= 0.3 is 6.03 Å². The van der Waals surface area contributed by atoms with Crippen molar-refractivity contribution in [3.05, 3.63) is 59.7 Å². The molecule has 1 unspecified atom stereocenters. The normalized spacial score (nSPS) is 16.5. The molecular formula is C19H19N3O2. The number of urea groups is 1. The highest BCUT2D eigenvalue weighted by Crippen LogP contribution is 2.33. The number of para-hydroxylation sites is 1. The van der Waals surface area contributed by atoms with Crippen LogP contribution in [0.2, 0.25) is 0 Å². The Balaban J connectivity index is 1.77. The summed E-state index contributed by atoms with van der Waals surface area (Å²) in [5.41, 5.74) is 2.11. The standard InChI is InChI=1S/C19H19N3O2/c1-24-16-10-8-14(9-11-16)18-7-4-12-22(18)19(23)21-17-6-3-2-5-15(17)13-20/h2-3,5-6,8-11,18H,4,7,12H2,1H3,(H,21,23). The van der Waals surface area contributed by atoms with Crippen molar-refractivity contribution in [1.82, 2.24) is 4.90 Å². The fourth-order valence-electron chi connectivity index (χ4n) is 3.06. The summed E-state index contributed by atoms with van der Waals surface area (Å²) in [6, 6.07) is 16.8. The van der Waals surface area contributed by atoms with Crippen molar-refractivity contribution in [2.24, 2.45) is 0 Å². The van der Waals surface area contributed by atoms with E-state index >= 15 is 0 Å². The number of hydrogen-bond donors (Lipinski definition) is 1. The van der Waals surface area contributed by atoms with Crippen molar-refractivity contribution in [2.45, 2.75) is 18.9 Å². The van der Waals surface area contributed by atoms with Crippen LogP contribution >= 0.6 is 0 Å². The molecule has 2 aromatic rings. The Hall–Kier alpha value is -3.00. The van der Waals surface area contributed by atoms with Crippen LogP contribution in [0.3, 0.4) is 0 Å². The highest BCUT2D eigenvalue weighted by Gasteiger charge is 2.30. The van der Waals surface area contributed by atoms with Crippen molar-refractivity contribution < 1.29 is 9.53 Å². The Labute approximate surface area is 141 Å². The number of amides is 2. The molecule has 1 saturated heterocycles. The van der Waals surface area contributed by atoms with Crippen LogP contribution < -0.4 is 10.1 Å². The van der Waals surface area contributed by atoms with E-state index in [1.54, 1.807) is 31.4 Å². The van der Waals surface area contributed by atoms with Crippen LogP contribution in [0.5, 0.6) is 5.75 Å². The second-order valence-corrected chi connectivity index (χ2v) is 5.71. The summed E-state index contributed by atoms with van der Waals surface area (Å²) in [6.45, 7) is 0.706. The van der Waals surface area contributed by atoms with Crippen LogP contribution in [0.4, 0.5) is 10.5 Å². The molecular weight excluding hydrogens is 302 g/mol. The highest BCUT2D eigenvalue weighted by molar-refractivity contribution is 5.91. The lowest BCUT2D eigenvalue weighted by Gasteiger charge is -2.25. The van der Waals surface area contributed by atoms with E-state index in [1.807, 2.05) is 29.2 Å². The monoisotopic (exact) mass is 321 g/mol. The van der Waals surface area contributed by atoms with Crippen molar-refractivity contribution >= 4 is 11.7 Å². The minimum Gasteiger partial charge on any atom is -0.497 e. The molecule has 1 aliphatic heterocycles. The van der Waals surface area contributed by atoms with E-state index in [-0.39, 0.29) is 12.1 Å². The third-order valence-electron chi connectivity index (χ3n) is 4.30. The minimum atomic E-state index is -0.170. The van der Waals surface area contributed by atoms with Gasteiger partial charge in [-0.15, -0.1) is 0 Å². The van der Waals surface area contributed by atoms with E-state index in [4.69, 9.17) is 10.00 Å². The smallest absolute Gasteiger partial charge is 0.322 e. The lowest BCUT2D eigenvalue weighted by atomic mass is 10.0. The first-order chi connectivity index (χ1) is 11.7. The van der Waals surface area contributed by atoms with Gasteiger partial charge in [0.25, 0.3) is 0 Å². The molecule has 1 atom stereocenters. The Morgan fingerprint density at radius 1 is 1.25 bits per heavy atom. The van der Waals surface area contributed by atoms with Gasteiger partial charge in [0.15, 0.2) is 0 Å². The van der Waals surface area contributed by atoms with E-state index in [1.165, 1.54) is 0 Å². The summed E-state index contributed by atoms with van der Waals surface area (Å²) in [4.78, 5) is 14.5. The predicted molar refractivity (Wildman–Crippen MR) is 91.9 cm³/mol. The van der Waals surface area contributed by atoms with Crippen molar-refractivity contribution in [1.29, 1.82) is 5.26 Å². The number of nitriles is 1. The van der Waals surface area contributed by atoms with E-state index < -0.39 is 0 Å². The van der Waals surface area contributed by atoms with Gasteiger partial charge in [-0.3, -0.25) is 0 Å². The molecule has 2 amide bonds. The van der Waals surface area contributed by atoms with Gasteiger partial charge in [-0.05, 0) is 42.7 Å². The molecule has 3 rings (SSSR count). The molecule has 24 heavy (non-hydrogen) atoms. The number of hydrogen-bond acceptors (Lipinski definition) is 3. The number of likely N-dealkylation sites (tertiary alicyclic amines) is 1. The summed E-state index contributed by atoms with van der Waals surface area (Å²) in [5, 5.41) is 12.0. The molecule has 0 spiro atoms. The zero-order valence-corrected chi connectivity index (χ0v) is 13.5. The third kappa shape index (κ3) is 3.18. The van der Waals surface area contributed by atoms with Crippen LogP contribution in [-0.4, -0.2) is 24.6 Å². The van der Waals surface area contributed by atoms with Crippen LogP contribution in [0.25, 0.3) is 0 Å². The van der Waals surface area contributed by atoms with E-state index in [2.05, 4.69) is 11.4 Å². The second kappa shape index (κ2) is 7.05. The number of methoxy groups -OCH3 is 1. The molecule has 1 fully saturated rings. The fraction of sp³-hybridized carbons (Fsp3) is 0.263. The van der Waals surface area contributed by atoms with Crippen LogP contribution in [0.1, 0.15) is 30.0 Å². The van der Waals surface area contributed by atoms with Crippen LogP contribution in [0, 0.1) is 11.3 Å². The molecule has 0 bridgehead atoms. The first-order valence-electron chi connectivity index (χ1n) is 7.93. The topological polar surface area (TPSA) is 65.4 Å². The predicted octanol–water partition coefficient (Wildman–Crippen LogP) is 3.94. The quantitative estimate of drug-likeness (QED) is 0.931. The SMILES string of the molecule is COc1ccc(C2CCCN2C(=O)Nc2ccccc2C#N)cc1. The van der Waals surface area contributed by atoms with Gasteiger partial charge in [-0.1, -0.05) is 24.3 Å². The Bertz CT molecular complexity index is 765. The van der Waals surface area contributed by atoms with Gasteiger partial charge in [0, 0.05) is 6.54 Å². The van der Waals surface area contributed by atoms with Gasteiger partial charge in [-0.25, -0.2) is 4.79 Å². The van der Waals surface area contributed by atoms with Gasteiger partial charge in [0.2, 0.25) is 0 Å². The molecule has 0 aromatic heterocycles. The van der Waals surface area contributed by atoms with Crippen LogP contribution in [0.15, 0.2) is 48.5 Å². The maximum Gasteiger partial charge on any atom is 0.322 e. The number of carbonyl (C=O) groups excluding carboxylic acids is 1. The molecule has 5 heteroatoms. The van der Waals surface area contributed by atoms with E-state index in [9.17, 15) is 4.79 Å². The Morgan fingerprint density at radius 2 is 2.00 bits per heavy atom. The Morgan fingerprint density at radius 3 is 2.71 bits per heavy atom. The fourth-order valence-corrected chi connectivity index (χ4v) is 3.06. The number of anilines is 1. The van der Waals surface area contributed by atoms with Gasteiger partial charge in [-0.2, -0.15) is 5.26 Å². The number of ether oxygens (including phenoxy) is 1. The average Bonchev–Trinajstić information content (AvgIpc) is 3.12. The van der Waals surface area contributed by atoms with E-state index in [0.717, 1.165) is 24.2 Å². The van der Waals surface area contributed by atoms with Gasteiger partial charge in [0.1, 0.15) is 11.8 Å². The first-order valence-corrected chi connectivity index (χ1v) is 7.93. The maximum absolute atomic E-state index is 12.7. The average molecular weight is 321 g/mol. The molecule has 1 aliphatic rings. The molecule has 1 N–H and O–H groups in total. The summed E-state index contributed by atoms with van der Waals surface area (Å²) < 4.78 is 5.19. The number of nitrogens with zero attached hydrogens (tertiary/aromatic N) is 2. The number of nitrogens with one attached hydrogen (secondary N) is 1. The minimum absolute atomic E-state index is 0.0464. The molecule has 5 nitrogen and oxygen atoms in total. The molecule has 0 radical (unpaired) electrons. The third-order valence-corrected chi connectivity index (χ3v) is 4.30. The van der Waals surface area contributed by atoms with Crippen LogP contribution in [-0.2, 0) is 0 Å². The summed E-state index contributed by atoms with van der Waals surface area (Å²) in [6.07, 6.45) is 1.89. The summed E-state index contributed by atoms with van der Waals surface area (Å²) >= 11 is 0. The molecule has 0 saturated carbocycles. The van der Waals surface area contributed by atoms with Crippen molar-refractivity contribution in [3.63, 3.8) is 0 Å². The maximum atomic E-state index is 12.7. The van der Waals surface area contributed by atoms with Gasteiger partial charge < -0.3 is 15.0 Å². The molecule has 1 heterocycles. The number of benzene rings is 2. The second-order valence-electron chi connectivity index (χ2n) is 5.71. The first kappa shape index (κ1) is 15.9. The molecule has 0 aliphatic carbocycles. The van der Waals surface area contributed by atoms with E-state index in [0.29, 0.717) is 17.8 Å². The summed E-state index contributed by atoms with van der Waals surface area (Å²) in [7, 11) is 1.64.